The molecule has 0 fully saturated rings. The molecule has 10 heteroatoms. The van der Waals surface area contributed by atoms with Crippen LogP contribution in [0.25, 0.3) is 0 Å². The van der Waals surface area contributed by atoms with Crippen molar-refractivity contribution < 1.29 is 18.0 Å². The Hall–Kier alpha value is -3.85. The quantitative estimate of drug-likeness (QED) is 0.146. The Morgan fingerprint density at radius 3 is 2.09 bits per heavy atom. The standard InChI is InChI=1S/C35H37Cl2N3O4S/c1-3-4-21-38-35(42)33(22-27-11-7-5-8-12-27)39(24-28-17-15-26(2)16-18-28)34(41)25-40(29-19-20-31(36)32(37)23-29)45(43,44)30-13-9-6-10-14-30/h5-20,23,33H,3-4,21-22,24-25H2,1-2H3,(H,38,42). The van der Waals surface area contributed by atoms with Gasteiger partial charge in [0.2, 0.25) is 11.8 Å². The van der Waals surface area contributed by atoms with Crippen LogP contribution < -0.4 is 9.62 Å². The minimum Gasteiger partial charge on any atom is -0.354 e. The maximum atomic E-state index is 14.5. The van der Waals surface area contributed by atoms with E-state index < -0.39 is 28.5 Å². The van der Waals surface area contributed by atoms with Crippen molar-refractivity contribution in [3.8, 4) is 0 Å². The van der Waals surface area contributed by atoms with Gasteiger partial charge in [-0.2, -0.15) is 0 Å². The highest BCUT2D eigenvalue weighted by Crippen LogP contribution is 2.31. The minimum absolute atomic E-state index is 0.00658. The smallest absolute Gasteiger partial charge is 0.264 e. The third kappa shape index (κ3) is 9.10. The van der Waals surface area contributed by atoms with Crippen LogP contribution in [0, 0.1) is 6.92 Å². The van der Waals surface area contributed by atoms with Crippen LogP contribution in [-0.2, 0) is 32.6 Å². The first kappa shape index (κ1) is 34.0. The van der Waals surface area contributed by atoms with Crippen LogP contribution in [0.4, 0.5) is 5.69 Å². The van der Waals surface area contributed by atoms with E-state index in [4.69, 9.17) is 23.2 Å². The molecule has 4 rings (SSSR count). The summed E-state index contributed by atoms with van der Waals surface area (Å²) in [5, 5.41) is 3.38. The summed E-state index contributed by atoms with van der Waals surface area (Å²) in [5.41, 5.74) is 2.90. The number of carbonyl (C=O) groups excluding carboxylic acids is 2. The molecule has 0 heterocycles. The Morgan fingerprint density at radius 2 is 1.47 bits per heavy atom. The van der Waals surface area contributed by atoms with Crippen molar-refractivity contribution in [3.63, 3.8) is 0 Å². The number of halogens is 2. The van der Waals surface area contributed by atoms with Crippen molar-refractivity contribution in [2.24, 2.45) is 0 Å². The second-order valence-corrected chi connectivity index (χ2v) is 13.5. The largest absolute Gasteiger partial charge is 0.354 e. The van der Waals surface area contributed by atoms with Gasteiger partial charge in [-0.25, -0.2) is 8.42 Å². The summed E-state index contributed by atoms with van der Waals surface area (Å²) in [6.07, 6.45) is 1.93. The molecule has 7 nitrogen and oxygen atoms in total. The molecule has 236 valence electrons. The van der Waals surface area contributed by atoms with Gasteiger partial charge in [-0.15, -0.1) is 0 Å². The summed E-state index contributed by atoms with van der Waals surface area (Å²) in [6.45, 7) is 3.99. The van der Waals surface area contributed by atoms with Gasteiger partial charge in [-0.1, -0.05) is 115 Å². The summed E-state index contributed by atoms with van der Waals surface area (Å²) >= 11 is 12.5. The van der Waals surface area contributed by atoms with Gasteiger partial charge >= 0.3 is 0 Å². The van der Waals surface area contributed by atoms with E-state index in [0.717, 1.165) is 33.8 Å². The minimum atomic E-state index is -4.23. The maximum Gasteiger partial charge on any atom is 0.264 e. The molecule has 1 N–H and O–H groups in total. The summed E-state index contributed by atoms with van der Waals surface area (Å²) in [6, 6.07) is 28.5. The lowest BCUT2D eigenvalue weighted by Gasteiger charge is -2.34. The van der Waals surface area contributed by atoms with Crippen molar-refractivity contribution in [1.82, 2.24) is 10.2 Å². The lowest BCUT2D eigenvalue weighted by atomic mass is 10.0. The lowest BCUT2D eigenvalue weighted by molar-refractivity contribution is -0.140. The molecule has 2 amide bonds. The number of hydrogen-bond acceptors (Lipinski definition) is 4. The van der Waals surface area contributed by atoms with Crippen molar-refractivity contribution in [2.75, 3.05) is 17.4 Å². The zero-order valence-corrected chi connectivity index (χ0v) is 27.7. The average Bonchev–Trinajstić information content (AvgIpc) is 3.04. The molecular weight excluding hydrogens is 629 g/mol. The number of sulfonamides is 1. The normalized spacial score (nSPS) is 11.9. The molecule has 0 aliphatic rings. The Bertz CT molecular complexity index is 1690. The predicted molar refractivity (Wildman–Crippen MR) is 181 cm³/mol. The number of anilines is 1. The van der Waals surface area contributed by atoms with Crippen molar-refractivity contribution in [1.29, 1.82) is 0 Å². The summed E-state index contributed by atoms with van der Waals surface area (Å²) < 4.78 is 29.1. The molecule has 0 aliphatic heterocycles. The summed E-state index contributed by atoms with van der Waals surface area (Å²) in [7, 11) is -4.23. The Kier molecular flexibility index (Phi) is 12.0. The van der Waals surface area contributed by atoms with Crippen LogP contribution in [0.3, 0.4) is 0 Å². The Labute approximate surface area is 275 Å². The van der Waals surface area contributed by atoms with Crippen LogP contribution in [0.1, 0.15) is 36.5 Å². The van der Waals surface area contributed by atoms with Gasteiger partial charge in [0, 0.05) is 19.5 Å². The molecule has 4 aromatic carbocycles. The predicted octanol–water partition coefficient (Wildman–Crippen LogP) is 7.05. The molecule has 0 aliphatic carbocycles. The van der Waals surface area contributed by atoms with Crippen LogP contribution in [-0.4, -0.2) is 44.3 Å². The molecule has 1 atom stereocenters. The molecule has 0 saturated carbocycles. The van der Waals surface area contributed by atoms with Crippen molar-refractivity contribution >= 4 is 50.7 Å². The van der Waals surface area contributed by atoms with Gasteiger partial charge in [0.05, 0.1) is 20.6 Å². The summed E-state index contributed by atoms with van der Waals surface area (Å²) in [5.74, 6) is -0.854. The highest BCUT2D eigenvalue weighted by Gasteiger charge is 2.34. The number of nitrogens with one attached hydrogen (secondary N) is 1. The van der Waals surface area contributed by atoms with Crippen LogP contribution >= 0.6 is 23.2 Å². The van der Waals surface area contributed by atoms with Crippen LogP contribution in [0.2, 0.25) is 10.0 Å². The van der Waals surface area contributed by atoms with Gasteiger partial charge in [-0.05, 0) is 54.8 Å². The molecule has 0 radical (unpaired) electrons. The van der Waals surface area contributed by atoms with E-state index in [1.807, 2.05) is 68.4 Å². The third-order valence-corrected chi connectivity index (χ3v) is 9.90. The number of nitrogens with zero attached hydrogens (tertiary/aromatic N) is 2. The van der Waals surface area contributed by atoms with E-state index in [-0.39, 0.29) is 39.5 Å². The molecule has 45 heavy (non-hydrogen) atoms. The fourth-order valence-electron chi connectivity index (χ4n) is 4.84. The maximum absolute atomic E-state index is 14.5. The van der Waals surface area contributed by atoms with Crippen molar-refractivity contribution in [3.05, 3.63) is 130 Å². The average molecular weight is 667 g/mol. The van der Waals surface area contributed by atoms with Gasteiger partial charge in [0.1, 0.15) is 12.6 Å². The van der Waals surface area contributed by atoms with Crippen LogP contribution in [0.5, 0.6) is 0 Å². The van der Waals surface area contributed by atoms with Crippen molar-refractivity contribution in [2.45, 2.75) is 50.6 Å². The highest BCUT2D eigenvalue weighted by atomic mass is 35.5. The number of unbranched alkanes of at least 4 members (excludes halogenated alkanes) is 1. The molecule has 1 unspecified atom stereocenters. The topological polar surface area (TPSA) is 86.8 Å². The molecule has 0 saturated heterocycles. The van der Waals surface area contributed by atoms with E-state index in [2.05, 4.69) is 5.32 Å². The number of benzene rings is 4. The molecule has 0 bridgehead atoms. The zero-order chi connectivity index (χ0) is 32.4. The number of rotatable bonds is 14. The highest BCUT2D eigenvalue weighted by molar-refractivity contribution is 7.92. The van der Waals surface area contributed by atoms with Gasteiger partial charge in [0.15, 0.2) is 0 Å². The lowest BCUT2D eigenvalue weighted by Crippen LogP contribution is -2.53. The zero-order valence-electron chi connectivity index (χ0n) is 25.3. The monoisotopic (exact) mass is 665 g/mol. The number of amides is 2. The summed E-state index contributed by atoms with van der Waals surface area (Å²) in [4.78, 5) is 29.8. The van der Waals surface area contributed by atoms with Gasteiger partial charge < -0.3 is 10.2 Å². The van der Waals surface area contributed by atoms with Crippen LogP contribution in [0.15, 0.2) is 108 Å². The van der Waals surface area contributed by atoms with Gasteiger partial charge in [0.25, 0.3) is 10.0 Å². The third-order valence-electron chi connectivity index (χ3n) is 7.38. The Morgan fingerprint density at radius 1 is 0.822 bits per heavy atom. The van der Waals surface area contributed by atoms with E-state index in [0.29, 0.717) is 6.54 Å². The first-order valence-electron chi connectivity index (χ1n) is 14.8. The molecular formula is C35H37Cl2N3O4S. The second-order valence-electron chi connectivity index (χ2n) is 10.8. The number of carbonyl (C=O) groups is 2. The first-order chi connectivity index (χ1) is 21.6. The van der Waals surface area contributed by atoms with E-state index >= 15 is 0 Å². The number of hydrogen-bond donors (Lipinski definition) is 1. The second kappa shape index (κ2) is 15.9. The Balaban J connectivity index is 1.79. The number of aryl methyl sites for hydroxylation is 1. The van der Waals surface area contributed by atoms with E-state index in [1.54, 1.807) is 18.2 Å². The van der Waals surface area contributed by atoms with E-state index in [9.17, 15) is 18.0 Å². The molecule has 0 spiro atoms. The SMILES string of the molecule is CCCCNC(=O)C(Cc1ccccc1)N(Cc1ccc(C)cc1)C(=O)CN(c1ccc(Cl)c(Cl)c1)S(=O)(=O)c1ccccc1. The fraction of sp³-hybridized carbons (Fsp3) is 0.257. The van der Waals surface area contributed by atoms with E-state index in [1.165, 1.54) is 35.2 Å². The molecule has 4 aromatic rings. The fourth-order valence-corrected chi connectivity index (χ4v) is 6.56. The molecule has 0 aromatic heterocycles. The first-order valence-corrected chi connectivity index (χ1v) is 17.0. The van der Waals surface area contributed by atoms with Gasteiger partial charge in [-0.3, -0.25) is 13.9 Å².